The van der Waals surface area contributed by atoms with Crippen molar-refractivity contribution < 1.29 is 9.53 Å². The quantitative estimate of drug-likeness (QED) is 0.857. The summed E-state index contributed by atoms with van der Waals surface area (Å²) in [6.07, 6.45) is 1.60. The molecule has 2 fully saturated rings. The highest BCUT2D eigenvalue weighted by molar-refractivity contribution is 5.77. The minimum atomic E-state index is 0.163. The maximum absolute atomic E-state index is 12.8. The third kappa shape index (κ3) is 4.60. The lowest BCUT2D eigenvalue weighted by molar-refractivity contribution is -0.134. The number of carbonyl (C=O) groups is 1. The number of nitrogens with zero attached hydrogens (tertiary/aromatic N) is 2. The Morgan fingerprint density at radius 2 is 2.20 bits per heavy atom. The van der Waals surface area contributed by atoms with Gasteiger partial charge in [0.1, 0.15) is 0 Å². The summed E-state index contributed by atoms with van der Waals surface area (Å²) in [5, 5.41) is 3.39. The molecule has 2 heterocycles. The smallest absolute Gasteiger partial charge is 0.224 e. The predicted molar refractivity (Wildman–Crippen MR) is 99.4 cm³/mol. The van der Waals surface area contributed by atoms with Crippen molar-refractivity contribution in [2.45, 2.75) is 44.8 Å². The molecule has 25 heavy (non-hydrogen) atoms. The first-order valence-electron chi connectivity index (χ1n) is 9.58. The number of amides is 1. The van der Waals surface area contributed by atoms with Crippen LogP contribution in [0.1, 0.15) is 38.3 Å². The molecule has 2 aliphatic rings. The number of hydrogen-bond donors (Lipinski definition) is 1. The van der Waals surface area contributed by atoms with E-state index in [-0.39, 0.29) is 11.9 Å². The lowest BCUT2D eigenvalue weighted by Crippen LogP contribution is -2.48. The highest BCUT2D eigenvalue weighted by Crippen LogP contribution is 2.27. The van der Waals surface area contributed by atoms with Gasteiger partial charge in [-0.05, 0) is 25.8 Å². The predicted octanol–water partition coefficient (Wildman–Crippen LogP) is 2.05. The van der Waals surface area contributed by atoms with E-state index in [4.69, 9.17) is 4.74 Å². The molecule has 1 N–H and O–H groups in total. The van der Waals surface area contributed by atoms with Crippen molar-refractivity contribution in [2.24, 2.45) is 0 Å². The van der Waals surface area contributed by atoms with E-state index in [2.05, 4.69) is 59.3 Å². The number of likely N-dealkylation sites (N-methyl/N-ethyl adjacent to an activating group) is 1. The summed E-state index contributed by atoms with van der Waals surface area (Å²) in [6.45, 7) is 9.38. The molecule has 3 unspecified atom stereocenters. The highest BCUT2D eigenvalue weighted by atomic mass is 16.5. The van der Waals surface area contributed by atoms with E-state index >= 15 is 0 Å². The monoisotopic (exact) mass is 345 g/mol. The summed E-state index contributed by atoms with van der Waals surface area (Å²) in [6, 6.07) is 11.5. The van der Waals surface area contributed by atoms with Crippen molar-refractivity contribution >= 4 is 5.91 Å². The third-order valence-corrected chi connectivity index (χ3v) is 5.55. The number of likely N-dealkylation sites (tertiary alicyclic amines) is 1. The molecule has 0 bridgehead atoms. The van der Waals surface area contributed by atoms with Gasteiger partial charge < -0.3 is 15.0 Å². The Morgan fingerprint density at radius 1 is 1.40 bits per heavy atom. The molecule has 2 saturated heterocycles. The van der Waals surface area contributed by atoms with Crippen LogP contribution in [-0.4, -0.2) is 67.2 Å². The molecule has 0 spiro atoms. The van der Waals surface area contributed by atoms with Crippen LogP contribution in [0.25, 0.3) is 0 Å². The molecule has 2 aliphatic heterocycles. The van der Waals surface area contributed by atoms with Crippen LogP contribution < -0.4 is 5.32 Å². The third-order valence-electron chi connectivity index (χ3n) is 5.55. The molecule has 3 rings (SSSR count). The molecule has 1 amide bonds. The number of ether oxygens (including phenoxy) is 1. The molecule has 3 atom stereocenters. The number of benzene rings is 1. The number of carbonyl (C=O) groups excluding carboxylic acids is 1. The number of hydrogen-bond acceptors (Lipinski definition) is 4. The first-order valence-corrected chi connectivity index (χ1v) is 9.58. The molecular weight excluding hydrogens is 314 g/mol. The Kier molecular flexibility index (Phi) is 6.45. The van der Waals surface area contributed by atoms with Crippen molar-refractivity contribution in [3.63, 3.8) is 0 Å². The fourth-order valence-corrected chi connectivity index (χ4v) is 4.03. The van der Waals surface area contributed by atoms with Gasteiger partial charge in [0.2, 0.25) is 5.91 Å². The Morgan fingerprint density at radius 3 is 2.88 bits per heavy atom. The van der Waals surface area contributed by atoms with Crippen LogP contribution in [0.5, 0.6) is 0 Å². The molecule has 0 aromatic heterocycles. The van der Waals surface area contributed by atoms with E-state index in [1.165, 1.54) is 5.56 Å². The van der Waals surface area contributed by atoms with E-state index < -0.39 is 0 Å². The maximum atomic E-state index is 12.8. The zero-order valence-electron chi connectivity index (χ0n) is 15.5. The first-order chi connectivity index (χ1) is 12.2. The Balaban J connectivity index is 1.56. The fourth-order valence-electron chi connectivity index (χ4n) is 4.03. The lowest BCUT2D eigenvalue weighted by Gasteiger charge is -2.32. The van der Waals surface area contributed by atoms with Gasteiger partial charge in [-0.25, -0.2) is 0 Å². The second-order valence-electron chi connectivity index (χ2n) is 7.13. The normalized spacial score (nSPS) is 25.7. The van der Waals surface area contributed by atoms with Gasteiger partial charge in [-0.2, -0.15) is 0 Å². The van der Waals surface area contributed by atoms with Gasteiger partial charge in [0.25, 0.3) is 0 Å². The van der Waals surface area contributed by atoms with E-state index in [1.54, 1.807) is 0 Å². The lowest BCUT2D eigenvalue weighted by atomic mass is 10.1. The largest absolute Gasteiger partial charge is 0.378 e. The molecule has 0 aliphatic carbocycles. The van der Waals surface area contributed by atoms with Crippen LogP contribution in [0.3, 0.4) is 0 Å². The summed E-state index contributed by atoms with van der Waals surface area (Å²) in [5.41, 5.74) is 1.35. The Bertz CT molecular complexity index is 545. The van der Waals surface area contributed by atoms with Crippen molar-refractivity contribution in [1.82, 2.24) is 15.1 Å². The van der Waals surface area contributed by atoms with Crippen LogP contribution in [0.4, 0.5) is 0 Å². The van der Waals surface area contributed by atoms with E-state index in [9.17, 15) is 4.79 Å². The Hall–Kier alpha value is -1.43. The van der Waals surface area contributed by atoms with Crippen molar-refractivity contribution in [3.8, 4) is 0 Å². The van der Waals surface area contributed by atoms with E-state index in [0.29, 0.717) is 25.1 Å². The number of morpholine rings is 1. The van der Waals surface area contributed by atoms with Gasteiger partial charge >= 0.3 is 0 Å². The number of nitrogens with one attached hydrogen (secondary N) is 1. The summed E-state index contributed by atoms with van der Waals surface area (Å²) in [5.74, 6) is 0.254. The second kappa shape index (κ2) is 8.79. The zero-order chi connectivity index (χ0) is 17.6. The van der Waals surface area contributed by atoms with Crippen LogP contribution in [-0.2, 0) is 9.53 Å². The molecule has 1 aromatic rings. The van der Waals surface area contributed by atoms with E-state index in [1.807, 2.05) is 0 Å². The average Bonchev–Trinajstić information content (AvgIpc) is 3.13. The maximum Gasteiger partial charge on any atom is 0.224 e. The highest BCUT2D eigenvalue weighted by Gasteiger charge is 2.33. The summed E-state index contributed by atoms with van der Waals surface area (Å²) in [4.78, 5) is 17.4. The van der Waals surface area contributed by atoms with Crippen molar-refractivity contribution in [1.29, 1.82) is 0 Å². The molecular formula is C20H31N3O2. The van der Waals surface area contributed by atoms with Gasteiger partial charge in [-0.3, -0.25) is 9.69 Å². The van der Waals surface area contributed by atoms with Gasteiger partial charge in [0.05, 0.1) is 13.2 Å². The Labute approximate surface area is 151 Å². The molecule has 138 valence electrons. The van der Waals surface area contributed by atoms with E-state index in [0.717, 1.165) is 39.2 Å². The molecule has 0 saturated carbocycles. The summed E-state index contributed by atoms with van der Waals surface area (Å²) >= 11 is 0. The molecule has 5 nitrogen and oxygen atoms in total. The van der Waals surface area contributed by atoms with Gasteiger partial charge in [0, 0.05) is 50.7 Å². The van der Waals surface area contributed by atoms with Gasteiger partial charge in [-0.15, -0.1) is 0 Å². The van der Waals surface area contributed by atoms with Crippen LogP contribution in [0, 0.1) is 0 Å². The minimum absolute atomic E-state index is 0.163. The average molecular weight is 345 g/mol. The molecule has 5 heteroatoms. The standard InChI is InChI=1S/C20H31N3O2/c1-3-23(20(24)13-18-15-25-12-10-21-18)19-9-11-22(14-19)16(2)17-7-5-4-6-8-17/h4-8,16,18-19,21H,3,9-15H2,1-2H3. The SMILES string of the molecule is CCN(C(=O)CC1COCCN1)C1CCN(C(C)c2ccccc2)C1. The van der Waals surface area contributed by atoms with Crippen molar-refractivity contribution in [3.05, 3.63) is 35.9 Å². The van der Waals surface area contributed by atoms with Gasteiger partial charge in [0.15, 0.2) is 0 Å². The minimum Gasteiger partial charge on any atom is -0.378 e. The van der Waals surface area contributed by atoms with Crippen LogP contribution in [0.15, 0.2) is 30.3 Å². The summed E-state index contributed by atoms with van der Waals surface area (Å²) < 4.78 is 5.48. The topological polar surface area (TPSA) is 44.8 Å². The van der Waals surface area contributed by atoms with Gasteiger partial charge in [-0.1, -0.05) is 30.3 Å². The summed E-state index contributed by atoms with van der Waals surface area (Å²) in [7, 11) is 0. The zero-order valence-corrected chi connectivity index (χ0v) is 15.5. The fraction of sp³-hybridized carbons (Fsp3) is 0.650. The molecule has 0 radical (unpaired) electrons. The second-order valence-corrected chi connectivity index (χ2v) is 7.13. The first kappa shape index (κ1) is 18.4. The van der Waals surface area contributed by atoms with Crippen LogP contribution in [0.2, 0.25) is 0 Å². The van der Waals surface area contributed by atoms with Crippen molar-refractivity contribution in [2.75, 3.05) is 39.4 Å². The number of rotatable bonds is 6. The molecule has 1 aromatic carbocycles. The van der Waals surface area contributed by atoms with Crippen LogP contribution >= 0.6 is 0 Å².